The molecule has 0 bridgehead atoms. The third kappa shape index (κ3) is 3.24. The predicted molar refractivity (Wildman–Crippen MR) is 73.2 cm³/mol. The van der Waals surface area contributed by atoms with Crippen LogP contribution in [0.5, 0.6) is 0 Å². The van der Waals surface area contributed by atoms with Crippen LogP contribution in [-0.4, -0.2) is 20.9 Å². The van der Waals surface area contributed by atoms with E-state index in [1.54, 1.807) is 16.8 Å². The molecule has 0 spiro atoms. The number of carbonyl (C=O) groups is 1. The molecule has 0 aliphatic rings. The van der Waals surface area contributed by atoms with Gasteiger partial charge in [-0.25, -0.2) is 4.68 Å². The van der Waals surface area contributed by atoms with E-state index < -0.39 is 5.91 Å². The van der Waals surface area contributed by atoms with Crippen LogP contribution in [0.2, 0.25) is 10.0 Å². The smallest absolute Gasteiger partial charge is 0.223 e. The van der Waals surface area contributed by atoms with Crippen LogP contribution < -0.4 is 5.73 Å². The van der Waals surface area contributed by atoms with Gasteiger partial charge < -0.3 is 5.73 Å². The Labute approximate surface area is 120 Å². The second-order valence-corrected chi connectivity index (χ2v) is 4.99. The minimum Gasteiger partial charge on any atom is -0.369 e. The van der Waals surface area contributed by atoms with Crippen molar-refractivity contribution in [3.63, 3.8) is 0 Å². The van der Waals surface area contributed by atoms with Gasteiger partial charge in [-0.05, 0) is 24.6 Å². The molecule has 19 heavy (non-hydrogen) atoms. The number of hydrogen-bond acceptors (Lipinski definition) is 3. The highest BCUT2D eigenvalue weighted by molar-refractivity contribution is 6.42. The van der Waals surface area contributed by atoms with Gasteiger partial charge in [0, 0.05) is 0 Å². The van der Waals surface area contributed by atoms with E-state index in [-0.39, 0.29) is 6.42 Å². The fourth-order valence-electron chi connectivity index (χ4n) is 1.69. The summed E-state index contributed by atoms with van der Waals surface area (Å²) in [5.41, 5.74) is 7.50. The Morgan fingerprint density at radius 2 is 2.11 bits per heavy atom. The summed E-state index contributed by atoms with van der Waals surface area (Å²) in [5.74, 6) is -0.426. The zero-order chi connectivity index (χ0) is 14.0. The number of nitrogens with two attached hydrogens (primary N) is 1. The molecule has 2 rings (SSSR count). The number of carbonyl (C=O) groups excluding carboxylic acids is 1. The van der Waals surface area contributed by atoms with Crippen LogP contribution in [0, 0.1) is 6.92 Å². The second-order valence-electron chi connectivity index (χ2n) is 4.17. The van der Waals surface area contributed by atoms with Gasteiger partial charge in [0.1, 0.15) is 0 Å². The number of rotatable bonds is 4. The molecular weight excluding hydrogens is 287 g/mol. The summed E-state index contributed by atoms with van der Waals surface area (Å²) < 4.78 is 1.69. The van der Waals surface area contributed by atoms with Crippen molar-refractivity contribution >= 4 is 29.1 Å². The molecule has 1 heterocycles. The van der Waals surface area contributed by atoms with E-state index in [0.717, 1.165) is 11.3 Å². The van der Waals surface area contributed by atoms with E-state index in [0.29, 0.717) is 22.3 Å². The Hall–Kier alpha value is -1.59. The highest BCUT2D eigenvalue weighted by atomic mass is 35.5. The number of halogens is 2. The van der Waals surface area contributed by atoms with Crippen molar-refractivity contribution in [3.05, 3.63) is 45.2 Å². The monoisotopic (exact) mass is 298 g/mol. The molecule has 1 aromatic heterocycles. The average Bonchev–Trinajstić information content (AvgIpc) is 2.66. The largest absolute Gasteiger partial charge is 0.369 e. The number of primary amides is 1. The van der Waals surface area contributed by atoms with Crippen LogP contribution >= 0.6 is 23.2 Å². The Bertz CT molecular complexity index is 624. The van der Waals surface area contributed by atoms with Crippen LogP contribution in [0.15, 0.2) is 18.2 Å². The quantitative estimate of drug-likeness (QED) is 0.938. The molecule has 5 nitrogen and oxygen atoms in total. The van der Waals surface area contributed by atoms with Crippen molar-refractivity contribution < 1.29 is 4.79 Å². The van der Waals surface area contributed by atoms with Crippen LogP contribution in [0.1, 0.15) is 17.0 Å². The van der Waals surface area contributed by atoms with Crippen molar-refractivity contribution in [3.8, 4) is 0 Å². The van der Waals surface area contributed by atoms with Gasteiger partial charge in [0.2, 0.25) is 5.91 Å². The van der Waals surface area contributed by atoms with Gasteiger partial charge in [-0.1, -0.05) is 34.5 Å². The normalized spacial score (nSPS) is 10.7. The lowest BCUT2D eigenvalue weighted by atomic mass is 10.2. The first-order chi connectivity index (χ1) is 8.97. The minimum absolute atomic E-state index is 0.0905. The van der Waals surface area contributed by atoms with E-state index in [2.05, 4.69) is 10.3 Å². The predicted octanol–water partition coefficient (Wildman–Crippen LogP) is 1.97. The molecule has 100 valence electrons. The molecular formula is C12H12Cl2N4O. The van der Waals surface area contributed by atoms with Crippen LogP contribution in [-0.2, 0) is 17.8 Å². The van der Waals surface area contributed by atoms with Crippen molar-refractivity contribution in [1.29, 1.82) is 0 Å². The van der Waals surface area contributed by atoms with Gasteiger partial charge in [0.25, 0.3) is 0 Å². The fourth-order valence-corrected chi connectivity index (χ4v) is 2.01. The summed E-state index contributed by atoms with van der Waals surface area (Å²) >= 11 is 11.8. The number of hydrogen-bond donors (Lipinski definition) is 1. The Morgan fingerprint density at radius 3 is 2.74 bits per heavy atom. The van der Waals surface area contributed by atoms with Crippen molar-refractivity contribution in [2.45, 2.75) is 19.9 Å². The van der Waals surface area contributed by atoms with E-state index in [1.165, 1.54) is 0 Å². The van der Waals surface area contributed by atoms with Gasteiger partial charge in [-0.3, -0.25) is 4.79 Å². The Kier molecular flexibility index (Phi) is 4.07. The lowest BCUT2D eigenvalue weighted by molar-refractivity contribution is -0.117. The molecule has 0 aliphatic carbocycles. The maximum Gasteiger partial charge on any atom is 0.223 e. The zero-order valence-electron chi connectivity index (χ0n) is 10.2. The third-order valence-electron chi connectivity index (χ3n) is 2.74. The SMILES string of the molecule is Cc1c(CC(N)=O)nnn1Cc1ccc(Cl)c(Cl)c1. The topological polar surface area (TPSA) is 73.8 Å². The van der Waals surface area contributed by atoms with E-state index in [1.807, 2.05) is 13.0 Å². The molecule has 0 saturated carbocycles. The number of nitrogens with zero attached hydrogens (tertiary/aromatic N) is 3. The molecule has 1 aromatic carbocycles. The lowest BCUT2D eigenvalue weighted by Gasteiger charge is -2.05. The molecule has 2 N–H and O–H groups in total. The van der Waals surface area contributed by atoms with Gasteiger partial charge in [0.05, 0.1) is 34.4 Å². The second kappa shape index (κ2) is 5.59. The van der Waals surface area contributed by atoms with Crippen LogP contribution in [0.4, 0.5) is 0 Å². The summed E-state index contributed by atoms with van der Waals surface area (Å²) in [6.07, 6.45) is 0.0905. The standard InChI is InChI=1S/C12H12Cl2N4O/c1-7-11(5-12(15)19)16-17-18(7)6-8-2-3-9(13)10(14)4-8/h2-4H,5-6H2,1H3,(H2,15,19). The molecule has 0 fully saturated rings. The van der Waals surface area contributed by atoms with Crippen molar-refractivity contribution in [1.82, 2.24) is 15.0 Å². The molecule has 0 unspecified atom stereocenters. The highest BCUT2D eigenvalue weighted by Crippen LogP contribution is 2.23. The summed E-state index contributed by atoms with van der Waals surface area (Å²) in [6, 6.07) is 5.37. The summed E-state index contributed by atoms with van der Waals surface area (Å²) in [6.45, 7) is 2.35. The molecule has 0 saturated heterocycles. The molecule has 0 atom stereocenters. The first-order valence-corrected chi connectivity index (χ1v) is 6.34. The summed E-state index contributed by atoms with van der Waals surface area (Å²) in [5, 5.41) is 8.95. The fraction of sp³-hybridized carbons (Fsp3) is 0.250. The summed E-state index contributed by atoms with van der Waals surface area (Å²) in [7, 11) is 0. The zero-order valence-corrected chi connectivity index (χ0v) is 11.7. The van der Waals surface area contributed by atoms with Gasteiger partial charge >= 0.3 is 0 Å². The van der Waals surface area contributed by atoms with E-state index in [9.17, 15) is 4.79 Å². The maximum absolute atomic E-state index is 10.9. The minimum atomic E-state index is -0.426. The molecule has 0 aliphatic heterocycles. The lowest BCUT2D eigenvalue weighted by Crippen LogP contribution is -2.15. The van der Waals surface area contributed by atoms with Crippen molar-refractivity contribution in [2.75, 3.05) is 0 Å². The molecule has 2 aromatic rings. The number of benzene rings is 1. The van der Waals surface area contributed by atoms with Gasteiger partial charge in [-0.15, -0.1) is 5.10 Å². The van der Waals surface area contributed by atoms with E-state index in [4.69, 9.17) is 28.9 Å². The third-order valence-corrected chi connectivity index (χ3v) is 3.48. The highest BCUT2D eigenvalue weighted by Gasteiger charge is 2.11. The summed E-state index contributed by atoms with van der Waals surface area (Å²) in [4.78, 5) is 10.9. The first-order valence-electron chi connectivity index (χ1n) is 5.58. The van der Waals surface area contributed by atoms with Crippen LogP contribution in [0.3, 0.4) is 0 Å². The van der Waals surface area contributed by atoms with Crippen LogP contribution in [0.25, 0.3) is 0 Å². The average molecular weight is 299 g/mol. The maximum atomic E-state index is 10.9. The number of aromatic nitrogens is 3. The van der Waals surface area contributed by atoms with Gasteiger partial charge in [-0.2, -0.15) is 0 Å². The Morgan fingerprint density at radius 1 is 1.37 bits per heavy atom. The molecule has 0 radical (unpaired) electrons. The molecule has 1 amide bonds. The van der Waals surface area contributed by atoms with Gasteiger partial charge in [0.15, 0.2) is 0 Å². The molecule has 7 heteroatoms. The first kappa shape index (κ1) is 13.8. The van der Waals surface area contributed by atoms with E-state index >= 15 is 0 Å². The number of amides is 1. The van der Waals surface area contributed by atoms with Crippen molar-refractivity contribution in [2.24, 2.45) is 5.73 Å². The Balaban J connectivity index is 2.21.